The number of rotatable bonds is 5. The largest absolute Gasteiger partial charge is 0.484 e. The SMILES string of the molecule is CCC(N)C(Oc1ccc(C#N)cc1)c1ccc(Br)cc1. The van der Waals surface area contributed by atoms with Crippen LogP contribution in [0.15, 0.2) is 53.0 Å². The smallest absolute Gasteiger partial charge is 0.139 e. The second-order valence-electron chi connectivity index (χ2n) is 4.80. The van der Waals surface area contributed by atoms with E-state index in [-0.39, 0.29) is 12.1 Å². The summed E-state index contributed by atoms with van der Waals surface area (Å²) >= 11 is 3.43. The zero-order valence-corrected chi connectivity index (χ0v) is 13.4. The molecule has 0 saturated carbocycles. The summed E-state index contributed by atoms with van der Waals surface area (Å²) in [6.45, 7) is 2.04. The number of halogens is 1. The minimum atomic E-state index is -0.212. The summed E-state index contributed by atoms with van der Waals surface area (Å²) in [4.78, 5) is 0. The summed E-state index contributed by atoms with van der Waals surface area (Å²) in [5.41, 5.74) is 7.85. The fourth-order valence-corrected chi connectivity index (χ4v) is 2.29. The molecule has 0 aromatic heterocycles. The molecule has 0 radical (unpaired) electrons. The maximum Gasteiger partial charge on any atom is 0.139 e. The maximum absolute atomic E-state index is 8.83. The van der Waals surface area contributed by atoms with Crippen LogP contribution in [0.3, 0.4) is 0 Å². The van der Waals surface area contributed by atoms with Crippen LogP contribution in [0.25, 0.3) is 0 Å². The highest BCUT2D eigenvalue weighted by Crippen LogP contribution is 2.26. The Kier molecular flexibility index (Phi) is 5.38. The lowest BCUT2D eigenvalue weighted by Crippen LogP contribution is -2.31. The average Bonchev–Trinajstić information content (AvgIpc) is 2.53. The molecule has 0 heterocycles. The molecular formula is C17H17BrN2O. The van der Waals surface area contributed by atoms with E-state index in [0.717, 1.165) is 16.5 Å². The summed E-state index contributed by atoms with van der Waals surface area (Å²) in [5.74, 6) is 0.714. The topological polar surface area (TPSA) is 59.0 Å². The Balaban J connectivity index is 2.23. The fraction of sp³-hybridized carbons (Fsp3) is 0.235. The summed E-state index contributed by atoms with van der Waals surface area (Å²) < 4.78 is 7.06. The molecule has 4 heteroatoms. The molecule has 21 heavy (non-hydrogen) atoms. The molecule has 3 nitrogen and oxygen atoms in total. The van der Waals surface area contributed by atoms with E-state index in [2.05, 4.69) is 22.0 Å². The lowest BCUT2D eigenvalue weighted by atomic mass is 10.0. The standard InChI is InChI=1S/C17H17BrN2O/c1-2-16(20)17(13-5-7-14(18)8-6-13)21-15-9-3-12(11-19)4-10-15/h3-10,16-17H,2,20H2,1H3. The number of ether oxygens (including phenoxy) is 1. The van der Waals surface area contributed by atoms with Crippen LogP contribution < -0.4 is 10.5 Å². The molecule has 2 aromatic carbocycles. The lowest BCUT2D eigenvalue weighted by Gasteiger charge is -2.25. The van der Waals surface area contributed by atoms with Gasteiger partial charge in [-0.15, -0.1) is 0 Å². The molecule has 0 fully saturated rings. The van der Waals surface area contributed by atoms with Crippen LogP contribution in [0.2, 0.25) is 0 Å². The predicted molar refractivity (Wildman–Crippen MR) is 86.9 cm³/mol. The van der Waals surface area contributed by atoms with E-state index in [1.807, 2.05) is 31.2 Å². The van der Waals surface area contributed by atoms with Gasteiger partial charge in [0.1, 0.15) is 11.9 Å². The zero-order chi connectivity index (χ0) is 15.2. The highest BCUT2D eigenvalue weighted by Gasteiger charge is 2.20. The summed E-state index contributed by atoms with van der Waals surface area (Å²) in [6, 6.07) is 17.1. The van der Waals surface area contributed by atoms with Crippen LogP contribution in [-0.2, 0) is 0 Å². The van der Waals surface area contributed by atoms with Crippen molar-refractivity contribution in [1.82, 2.24) is 0 Å². The highest BCUT2D eigenvalue weighted by atomic mass is 79.9. The van der Waals surface area contributed by atoms with Crippen LogP contribution in [0.5, 0.6) is 5.75 Å². The van der Waals surface area contributed by atoms with E-state index in [1.54, 1.807) is 24.3 Å². The number of hydrogen-bond acceptors (Lipinski definition) is 3. The molecule has 2 N–H and O–H groups in total. The molecule has 0 amide bonds. The van der Waals surface area contributed by atoms with E-state index >= 15 is 0 Å². The minimum absolute atomic E-state index is 0.0955. The highest BCUT2D eigenvalue weighted by molar-refractivity contribution is 9.10. The van der Waals surface area contributed by atoms with E-state index in [1.165, 1.54) is 0 Å². The van der Waals surface area contributed by atoms with Crippen LogP contribution in [0, 0.1) is 11.3 Å². The van der Waals surface area contributed by atoms with Gasteiger partial charge >= 0.3 is 0 Å². The van der Waals surface area contributed by atoms with Gasteiger partial charge in [0, 0.05) is 10.5 Å². The van der Waals surface area contributed by atoms with Gasteiger partial charge in [0.05, 0.1) is 11.6 Å². The van der Waals surface area contributed by atoms with Crippen molar-refractivity contribution in [3.05, 3.63) is 64.1 Å². The summed E-state index contributed by atoms with van der Waals surface area (Å²) in [5, 5.41) is 8.83. The second-order valence-corrected chi connectivity index (χ2v) is 5.71. The molecule has 0 aliphatic carbocycles. The third-order valence-electron chi connectivity index (χ3n) is 3.31. The summed E-state index contributed by atoms with van der Waals surface area (Å²) in [6.07, 6.45) is 0.604. The number of hydrogen-bond donors (Lipinski definition) is 1. The van der Waals surface area contributed by atoms with E-state index in [9.17, 15) is 0 Å². The van der Waals surface area contributed by atoms with Gasteiger partial charge in [-0.1, -0.05) is 35.0 Å². The Labute approximate surface area is 133 Å². The number of nitriles is 1. The van der Waals surface area contributed by atoms with Gasteiger partial charge < -0.3 is 10.5 Å². The van der Waals surface area contributed by atoms with Gasteiger partial charge in [-0.2, -0.15) is 5.26 Å². The Morgan fingerprint density at radius 2 is 1.76 bits per heavy atom. The number of nitrogens with two attached hydrogens (primary N) is 1. The first-order valence-corrected chi connectivity index (χ1v) is 7.61. The first-order chi connectivity index (χ1) is 10.1. The van der Waals surface area contributed by atoms with Crippen molar-refractivity contribution in [3.63, 3.8) is 0 Å². The molecule has 2 unspecified atom stereocenters. The van der Waals surface area contributed by atoms with Crippen molar-refractivity contribution in [1.29, 1.82) is 5.26 Å². The van der Waals surface area contributed by atoms with Crippen molar-refractivity contribution < 1.29 is 4.74 Å². The summed E-state index contributed by atoms with van der Waals surface area (Å²) in [7, 11) is 0. The average molecular weight is 345 g/mol. The third-order valence-corrected chi connectivity index (χ3v) is 3.83. The van der Waals surface area contributed by atoms with Gasteiger partial charge in [0.15, 0.2) is 0 Å². The Hall–Kier alpha value is -1.83. The normalized spacial score (nSPS) is 13.2. The monoisotopic (exact) mass is 344 g/mol. The molecule has 108 valence electrons. The molecule has 0 spiro atoms. The van der Waals surface area contributed by atoms with Crippen molar-refractivity contribution in [2.45, 2.75) is 25.5 Å². The van der Waals surface area contributed by atoms with Gasteiger partial charge in [-0.3, -0.25) is 0 Å². The predicted octanol–water partition coefficient (Wildman–Crippen LogP) is 4.18. The van der Waals surface area contributed by atoms with Crippen molar-refractivity contribution in [2.75, 3.05) is 0 Å². The van der Waals surface area contributed by atoms with E-state index < -0.39 is 0 Å². The zero-order valence-electron chi connectivity index (χ0n) is 11.8. The second kappa shape index (κ2) is 7.26. The number of nitrogens with zero attached hydrogens (tertiary/aromatic N) is 1. The molecule has 0 aliphatic heterocycles. The molecule has 2 atom stereocenters. The fourth-order valence-electron chi connectivity index (χ4n) is 2.02. The minimum Gasteiger partial charge on any atom is -0.484 e. The van der Waals surface area contributed by atoms with Gasteiger partial charge in [-0.25, -0.2) is 0 Å². The van der Waals surface area contributed by atoms with Gasteiger partial charge in [0.2, 0.25) is 0 Å². The third kappa shape index (κ3) is 4.07. The molecule has 2 rings (SSSR count). The molecule has 2 aromatic rings. The van der Waals surface area contributed by atoms with Gasteiger partial charge in [0.25, 0.3) is 0 Å². The Bertz CT molecular complexity index is 617. The van der Waals surface area contributed by atoms with E-state index in [4.69, 9.17) is 15.7 Å². The lowest BCUT2D eigenvalue weighted by molar-refractivity contribution is 0.171. The maximum atomic E-state index is 8.83. The Morgan fingerprint density at radius 3 is 2.29 bits per heavy atom. The number of benzene rings is 2. The Morgan fingerprint density at radius 1 is 1.14 bits per heavy atom. The molecular weight excluding hydrogens is 328 g/mol. The molecule has 0 saturated heterocycles. The van der Waals surface area contributed by atoms with Crippen molar-refractivity contribution >= 4 is 15.9 Å². The molecule has 0 aliphatic rings. The first-order valence-electron chi connectivity index (χ1n) is 6.82. The van der Waals surface area contributed by atoms with Crippen LogP contribution in [0.4, 0.5) is 0 Å². The first kappa shape index (κ1) is 15.6. The van der Waals surface area contributed by atoms with Crippen LogP contribution in [0.1, 0.15) is 30.6 Å². The van der Waals surface area contributed by atoms with Crippen LogP contribution in [-0.4, -0.2) is 6.04 Å². The van der Waals surface area contributed by atoms with Gasteiger partial charge in [-0.05, 0) is 48.4 Å². The van der Waals surface area contributed by atoms with Crippen molar-refractivity contribution in [2.24, 2.45) is 5.73 Å². The quantitative estimate of drug-likeness (QED) is 0.884. The molecule has 0 bridgehead atoms. The van der Waals surface area contributed by atoms with Crippen molar-refractivity contribution in [3.8, 4) is 11.8 Å². The van der Waals surface area contributed by atoms with Crippen LogP contribution >= 0.6 is 15.9 Å². The van der Waals surface area contributed by atoms with E-state index in [0.29, 0.717) is 11.3 Å².